The van der Waals surface area contributed by atoms with Gasteiger partial charge in [0, 0.05) is 5.57 Å². The topological polar surface area (TPSA) is 46.5 Å². The minimum Gasteiger partial charge on any atom is -0.504 e. The van der Waals surface area contributed by atoms with E-state index in [0.717, 1.165) is 11.1 Å². The maximum Gasteiger partial charge on any atom is 0.196 e. The highest BCUT2D eigenvalue weighted by molar-refractivity contribution is 6.15. The van der Waals surface area contributed by atoms with Crippen LogP contribution in [0.5, 0.6) is 11.5 Å². The van der Waals surface area contributed by atoms with Crippen molar-refractivity contribution in [1.29, 1.82) is 0 Å². The smallest absolute Gasteiger partial charge is 0.196 e. The zero-order valence-electron chi connectivity index (χ0n) is 13.4. The third kappa shape index (κ3) is 2.81. The third-order valence-corrected chi connectivity index (χ3v) is 4.24. The van der Waals surface area contributed by atoms with Gasteiger partial charge < -0.3 is 9.84 Å². The van der Waals surface area contributed by atoms with E-state index in [1.807, 2.05) is 66.7 Å². The molecule has 3 aromatic carbocycles. The summed E-state index contributed by atoms with van der Waals surface area (Å²) in [5.41, 5.74) is 2.73. The lowest BCUT2D eigenvalue weighted by Crippen LogP contribution is -2.23. The van der Waals surface area contributed by atoms with Gasteiger partial charge in [-0.15, -0.1) is 0 Å². The summed E-state index contributed by atoms with van der Waals surface area (Å²) in [6, 6.07) is 24.1. The molecular weight excluding hydrogens is 312 g/mol. The van der Waals surface area contributed by atoms with Gasteiger partial charge in [0.25, 0.3) is 0 Å². The van der Waals surface area contributed by atoms with Crippen molar-refractivity contribution in [3.8, 4) is 11.5 Å². The first-order valence-electron chi connectivity index (χ1n) is 8.09. The predicted molar refractivity (Wildman–Crippen MR) is 96.7 cm³/mol. The fourth-order valence-electron chi connectivity index (χ4n) is 3.03. The molecular formula is C22H16O3. The second-order valence-electron chi connectivity index (χ2n) is 5.90. The van der Waals surface area contributed by atoms with Crippen LogP contribution in [0.3, 0.4) is 0 Å². The lowest BCUT2D eigenvalue weighted by atomic mass is 9.89. The summed E-state index contributed by atoms with van der Waals surface area (Å²) in [5.74, 6) is 0.0898. The molecule has 1 heterocycles. The minimum atomic E-state index is -0.560. The highest BCUT2D eigenvalue weighted by atomic mass is 16.5. The number of benzene rings is 3. The van der Waals surface area contributed by atoms with Crippen molar-refractivity contribution in [2.45, 2.75) is 6.10 Å². The van der Waals surface area contributed by atoms with Crippen LogP contribution in [-0.4, -0.2) is 10.9 Å². The molecule has 4 rings (SSSR count). The molecule has 1 unspecified atom stereocenters. The summed E-state index contributed by atoms with van der Waals surface area (Å²) >= 11 is 0. The Kier molecular flexibility index (Phi) is 3.82. The summed E-state index contributed by atoms with van der Waals surface area (Å²) in [5, 5.41) is 10.1. The van der Waals surface area contributed by atoms with E-state index in [2.05, 4.69) is 0 Å². The van der Waals surface area contributed by atoms with Gasteiger partial charge in [-0.3, -0.25) is 4.79 Å². The van der Waals surface area contributed by atoms with Gasteiger partial charge >= 0.3 is 0 Å². The summed E-state index contributed by atoms with van der Waals surface area (Å²) in [6.45, 7) is 0. The number of carbonyl (C=O) groups is 1. The summed E-state index contributed by atoms with van der Waals surface area (Å²) in [4.78, 5) is 13.1. The van der Waals surface area contributed by atoms with E-state index in [-0.39, 0.29) is 17.3 Å². The Morgan fingerprint density at radius 1 is 0.840 bits per heavy atom. The van der Waals surface area contributed by atoms with Crippen LogP contribution in [0, 0.1) is 0 Å². The Labute approximate surface area is 145 Å². The average molecular weight is 328 g/mol. The number of hydrogen-bond donors (Lipinski definition) is 1. The number of ether oxygens (including phenoxy) is 1. The molecule has 1 N–H and O–H groups in total. The highest BCUT2D eigenvalue weighted by Crippen LogP contribution is 2.43. The number of phenolic OH excluding ortho intramolecular Hbond substituents is 1. The molecule has 0 radical (unpaired) electrons. The summed E-state index contributed by atoms with van der Waals surface area (Å²) < 4.78 is 6.06. The fraction of sp³-hybridized carbons (Fsp3) is 0.0455. The number of ketones is 1. The third-order valence-electron chi connectivity index (χ3n) is 4.24. The Hall–Kier alpha value is -3.33. The molecule has 1 atom stereocenters. The van der Waals surface area contributed by atoms with E-state index in [1.165, 1.54) is 6.07 Å². The standard InChI is InChI=1S/C22H16O3/c23-19-13-7-12-17-20(24)18(14-15-8-3-1-4-9-15)21(25-22(17)19)16-10-5-2-6-11-16/h1-14,21,23H/b18-14-. The first-order chi connectivity index (χ1) is 12.2. The number of phenols is 1. The van der Waals surface area contributed by atoms with Gasteiger partial charge in [0.1, 0.15) is 0 Å². The van der Waals surface area contributed by atoms with Gasteiger partial charge in [-0.05, 0) is 29.3 Å². The van der Waals surface area contributed by atoms with Gasteiger partial charge in [-0.25, -0.2) is 0 Å². The number of aromatic hydroxyl groups is 1. The average Bonchev–Trinajstić information content (AvgIpc) is 2.66. The maximum atomic E-state index is 13.1. The van der Waals surface area contributed by atoms with Crippen molar-refractivity contribution in [1.82, 2.24) is 0 Å². The Balaban J connectivity index is 1.89. The lowest BCUT2D eigenvalue weighted by molar-refractivity contribution is 0.0959. The van der Waals surface area contributed by atoms with Gasteiger partial charge in [-0.1, -0.05) is 66.7 Å². The first-order valence-corrected chi connectivity index (χ1v) is 8.09. The van der Waals surface area contributed by atoms with Crippen LogP contribution in [0.1, 0.15) is 27.6 Å². The molecule has 0 saturated carbocycles. The fourth-order valence-corrected chi connectivity index (χ4v) is 3.03. The Morgan fingerprint density at radius 2 is 1.52 bits per heavy atom. The van der Waals surface area contributed by atoms with Crippen LogP contribution >= 0.6 is 0 Å². The monoisotopic (exact) mass is 328 g/mol. The second-order valence-corrected chi connectivity index (χ2v) is 5.90. The van der Waals surface area contributed by atoms with Crippen LogP contribution < -0.4 is 4.74 Å². The molecule has 1 aliphatic heterocycles. The number of carbonyl (C=O) groups excluding carboxylic acids is 1. The Bertz CT molecular complexity index is 944. The first kappa shape index (κ1) is 15.2. The summed E-state index contributed by atoms with van der Waals surface area (Å²) in [6.07, 6.45) is 1.29. The van der Waals surface area contributed by atoms with E-state index in [4.69, 9.17) is 4.74 Å². The van der Waals surface area contributed by atoms with Crippen LogP contribution in [0.15, 0.2) is 84.4 Å². The van der Waals surface area contributed by atoms with Crippen molar-refractivity contribution in [2.24, 2.45) is 0 Å². The molecule has 0 aliphatic carbocycles. The molecule has 3 heteroatoms. The van der Waals surface area contributed by atoms with E-state index >= 15 is 0 Å². The largest absolute Gasteiger partial charge is 0.504 e. The van der Waals surface area contributed by atoms with Crippen LogP contribution in [-0.2, 0) is 0 Å². The molecule has 0 spiro atoms. The van der Waals surface area contributed by atoms with Crippen molar-refractivity contribution in [2.75, 3.05) is 0 Å². The van der Waals surface area contributed by atoms with Gasteiger partial charge in [0.05, 0.1) is 5.56 Å². The number of para-hydroxylation sites is 1. The Morgan fingerprint density at radius 3 is 2.24 bits per heavy atom. The number of fused-ring (bicyclic) bond motifs is 1. The molecule has 0 amide bonds. The van der Waals surface area contributed by atoms with Gasteiger partial charge in [0.2, 0.25) is 0 Å². The van der Waals surface area contributed by atoms with Crippen LogP contribution in [0.25, 0.3) is 6.08 Å². The molecule has 1 aliphatic rings. The molecule has 122 valence electrons. The zero-order chi connectivity index (χ0) is 17.2. The lowest BCUT2D eigenvalue weighted by Gasteiger charge is -2.28. The SMILES string of the molecule is O=C1/C(=C/c2ccccc2)C(c2ccccc2)Oc2c(O)cccc21. The molecule has 25 heavy (non-hydrogen) atoms. The van der Waals surface area contributed by atoms with Crippen LogP contribution in [0.4, 0.5) is 0 Å². The quantitative estimate of drug-likeness (QED) is 0.688. The molecule has 3 nitrogen and oxygen atoms in total. The van der Waals surface area contributed by atoms with Crippen molar-refractivity contribution in [3.05, 3.63) is 101 Å². The number of Topliss-reactive ketones (excluding diaryl/α,β-unsaturated/α-hetero) is 1. The molecule has 0 bridgehead atoms. The number of hydrogen-bond acceptors (Lipinski definition) is 3. The van der Waals surface area contributed by atoms with E-state index in [1.54, 1.807) is 12.1 Å². The summed E-state index contributed by atoms with van der Waals surface area (Å²) in [7, 11) is 0. The zero-order valence-corrected chi connectivity index (χ0v) is 13.4. The minimum absolute atomic E-state index is 0.0226. The van der Waals surface area contributed by atoms with Crippen LogP contribution in [0.2, 0.25) is 0 Å². The second kappa shape index (κ2) is 6.29. The number of rotatable bonds is 2. The molecule has 0 saturated heterocycles. The van der Waals surface area contributed by atoms with Crippen molar-refractivity contribution < 1.29 is 14.6 Å². The normalized spacial score (nSPS) is 17.8. The maximum absolute atomic E-state index is 13.1. The van der Waals surface area contributed by atoms with Crippen molar-refractivity contribution >= 4 is 11.9 Å². The van der Waals surface area contributed by atoms with Gasteiger partial charge in [0.15, 0.2) is 23.4 Å². The molecule has 0 aromatic heterocycles. The predicted octanol–water partition coefficient (Wildman–Crippen LogP) is 4.79. The van der Waals surface area contributed by atoms with E-state index in [9.17, 15) is 9.90 Å². The van der Waals surface area contributed by atoms with E-state index < -0.39 is 6.10 Å². The molecule has 3 aromatic rings. The van der Waals surface area contributed by atoms with Crippen molar-refractivity contribution in [3.63, 3.8) is 0 Å². The van der Waals surface area contributed by atoms with E-state index in [0.29, 0.717) is 11.1 Å². The molecule has 0 fully saturated rings. The van der Waals surface area contributed by atoms with Gasteiger partial charge in [-0.2, -0.15) is 0 Å². The highest BCUT2D eigenvalue weighted by Gasteiger charge is 2.34.